The van der Waals surface area contributed by atoms with E-state index in [0.29, 0.717) is 13.2 Å². The topological polar surface area (TPSA) is 78.6 Å². The van der Waals surface area contributed by atoms with E-state index in [1.807, 2.05) is 13.8 Å². The largest absolute Gasteiger partial charge is 0.382 e. The maximum Gasteiger partial charge on any atom is 0.209 e. The van der Waals surface area contributed by atoms with Crippen LogP contribution in [0.25, 0.3) is 0 Å². The number of rotatable bonds is 9. The lowest BCUT2D eigenvalue weighted by atomic mass is 10.1. The predicted octanol–water partition coefficient (Wildman–Crippen LogP) is 0.743. The van der Waals surface area contributed by atoms with Crippen molar-refractivity contribution in [3.05, 3.63) is 0 Å². The highest BCUT2D eigenvalue weighted by Crippen LogP contribution is 2.10. The molecule has 0 amide bonds. The molecule has 0 aromatic carbocycles. The highest BCUT2D eigenvalue weighted by molar-refractivity contribution is 7.89. The van der Waals surface area contributed by atoms with Gasteiger partial charge in [0.05, 0.1) is 25.1 Å². The molecule has 0 radical (unpaired) electrons. The van der Waals surface area contributed by atoms with E-state index in [1.54, 1.807) is 7.11 Å². The van der Waals surface area contributed by atoms with Crippen molar-refractivity contribution in [3.8, 4) is 0 Å². The standard InChI is InChI=1S/C10H23NO4S/c1-4-5-10(8-16(11,12)13)7-15-9(2)6-14-3/h9-10H,4-8H2,1-3H3,(H2,11,12,13). The third-order valence-electron chi connectivity index (χ3n) is 2.18. The highest BCUT2D eigenvalue weighted by Gasteiger charge is 2.16. The van der Waals surface area contributed by atoms with Crippen molar-refractivity contribution < 1.29 is 17.9 Å². The van der Waals surface area contributed by atoms with Gasteiger partial charge >= 0.3 is 0 Å². The van der Waals surface area contributed by atoms with E-state index in [-0.39, 0.29) is 17.8 Å². The average Bonchev–Trinajstić information content (AvgIpc) is 2.13. The molecule has 98 valence electrons. The van der Waals surface area contributed by atoms with Gasteiger partial charge in [-0.2, -0.15) is 0 Å². The molecule has 0 spiro atoms. The number of nitrogens with two attached hydrogens (primary N) is 1. The lowest BCUT2D eigenvalue weighted by Gasteiger charge is -2.18. The molecule has 0 heterocycles. The minimum atomic E-state index is -3.42. The molecule has 0 aromatic heterocycles. The maximum absolute atomic E-state index is 11.0. The fourth-order valence-corrected chi connectivity index (χ4v) is 2.45. The highest BCUT2D eigenvalue weighted by atomic mass is 32.2. The second kappa shape index (κ2) is 8.00. The molecule has 2 N–H and O–H groups in total. The van der Waals surface area contributed by atoms with E-state index in [0.717, 1.165) is 12.8 Å². The van der Waals surface area contributed by atoms with Gasteiger partial charge in [0.1, 0.15) is 0 Å². The van der Waals surface area contributed by atoms with Crippen molar-refractivity contribution in [2.75, 3.05) is 26.1 Å². The van der Waals surface area contributed by atoms with Crippen molar-refractivity contribution in [2.45, 2.75) is 32.8 Å². The summed E-state index contributed by atoms with van der Waals surface area (Å²) in [7, 11) is -1.81. The molecular formula is C10H23NO4S. The minimum Gasteiger partial charge on any atom is -0.382 e. The van der Waals surface area contributed by atoms with Crippen LogP contribution in [0.4, 0.5) is 0 Å². The zero-order chi connectivity index (χ0) is 12.6. The van der Waals surface area contributed by atoms with Crippen molar-refractivity contribution in [3.63, 3.8) is 0 Å². The van der Waals surface area contributed by atoms with Crippen LogP contribution in [-0.2, 0) is 19.5 Å². The Labute approximate surface area is 98.4 Å². The number of sulfonamides is 1. The van der Waals surface area contributed by atoms with Crippen molar-refractivity contribution in [1.82, 2.24) is 0 Å². The van der Waals surface area contributed by atoms with Gasteiger partial charge in [-0.1, -0.05) is 13.3 Å². The van der Waals surface area contributed by atoms with Gasteiger partial charge in [0, 0.05) is 7.11 Å². The van der Waals surface area contributed by atoms with Gasteiger partial charge < -0.3 is 9.47 Å². The van der Waals surface area contributed by atoms with Gasteiger partial charge in [-0.15, -0.1) is 0 Å². The van der Waals surface area contributed by atoms with Crippen LogP contribution in [0.5, 0.6) is 0 Å². The summed E-state index contributed by atoms with van der Waals surface area (Å²) in [5, 5.41) is 5.02. The Bertz CT molecular complexity index is 266. The fourth-order valence-electron chi connectivity index (χ4n) is 1.53. The summed E-state index contributed by atoms with van der Waals surface area (Å²) in [5.41, 5.74) is 0. The first kappa shape index (κ1) is 15.8. The summed E-state index contributed by atoms with van der Waals surface area (Å²) in [6.45, 7) is 4.82. The van der Waals surface area contributed by atoms with E-state index in [9.17, 15) is 8.42 Å². The van der Waals surface area contributed by atoms with Crippen molar-refractivity contribution in [1.29, 1.82) is 0 Å². The van der Waals surface area contributed by atoms with Crippen LogP contribution >= 0.6 is 0 Å². The Morgan fingerprint density at radius 1 is 1.31 bits per heavy atom. The van der Waals surface area contributed by atoms with E-state index in [2.05, 4.69) is 0 Å². The molecule has 0 bridgehead atoms. The van der Waals surface area contributed by atoms with Crippen LogP contribution in [-0.4, -0.2) is 40.6 Å². The summed E-state index contributed by atoms with van der Waals surface area (Å²) < 4.78 is 32.4. The SMILES string of the molecule is CCCC(COC(C)COC)CS(N)(=O)=O. The quantitative estimate of drug-likeness (QED) is 0.657. The van der Waals surface area contributed by atoms with E-state index in [4.69, 9.17) is 14.6 Å². The Balaban J connectivity index is 4.03. The molecule has 0 aliphatic carbocycles. The van der Waals surface area contributed by atoms with Gasteiger partial charge in [0.2, 0.25) is 10.0 Å². The maximum atomic E-state index is 11.0. The Kier molecular flexibility index (Phi) is 7.91. The molecule has 0 saturated heterocycles. The second-order valence-corrected chi connectivity index (χ2v) is 5.74. The van der Waals surface area contributed by atoms with Crippen LogP contribution in [0.2, 0.25) is 0 Å². The van der Waals surface area contributed by atoms with Crippen molar-refractivity contribution in [2.24, 2.45) is 11.1 Å². The van der Waals surface area contributed by atoms with Crippen LogP contribution in [0.15, 0.2) is 0 Å². The molecule has 0 aliphatic rings. The molecule has 0 aromatic rings. The Morgan fingerprint density at radius 3 is 2.38 bits per heavy atom. The normalized spacial score (nSPS) is 16.0. The zero-order valence-electron chi connectivity index (χ0n) is 10.3. The summed E-state index contributed by atoms with van der Waals surface area (Å²) in [5.74, 6) is -0.0418. The van der Waals surface area contributed by atoms with Crippen LogP contribution in [0, 0.1) is 5.92 Å². The van der Waals surface area contributed by atoms with Gasteiger partial charge in [-0.05, 0) is 19.3 Å². The average molecular weight is 253 g/mol. The number of hydrogen-bond donors (Lipinski definition) is 1. The van der Waals surface area contributed by atoms with E-state index < -0.39 is 10.0 Å². The smallest absolute Gasteiger partial charge is 0.209 e. The van der Waals surface area contributed by atoms with Crippen molar-refractivity contribution >= 4 is 10.0 Å². The van der Waals surface area contributed by atoms with Gasteiger partial charge in [0.15, 0.2) is 0 Å². The first-order valence-corrected chi connectivity index (χ1v) is 7.21. The lowest BCUT2D eigenvalue weighted by Crippen LogP contribution is -2.28. The summed E-state index contributed by atoms with van der Waals surface area (Å²) in [6.07, 6.45) is 1.70. The third-order valence-corrected chi connectivity index (χ3v) is 3.12. The van der Waals surface area contributed by atoms with E-state index >= 15 is 0 Å². The molecule has 0 saturated carbocycles. The molecule has 6 heteroatoms. The van der Waals surface area contributed by atoms with Gasteiger partial charge in [0.25, 0.3) is 0 Å². The summed E-state index contributed by atoms with van der Waals surface area (Å²) in [6, 6.07) is 0. The van der Waals surface area contributed by atoms with Gasteiger partial charge in [-0.25, -0.2) is 13.6 Å². The Hall–Kier alpha value is -0.170. The zero-order valence-corrected chi connectivity index (χ0v) is 11.1. The predicted molar refractivity (Wildman–Crippen MR) is 63.7 cm³/mol. The van der Waals surface area contributed by atoms with E-state index in [1.165, 1.54) is 0 Å². The Morgan fingerprint density at radius 2 is 1.94 bits per heavy atom. The summed E-state index contributed by atoms with van der Waals surface area (Å²) >= 11 is 0. The van der Waals surface area contributed by atoms with Gasteiger partial charge in [-0.3, -0.25) is 0 Å². The van der Waals surface area contributed by atoms with Crippen LogP contribution in [0.3, 0.4) is 0 Å². The minimum absolute atomic E-state index is 0.0134. The molecule has 2 atom stereocenters. The fraction of sp³-hybridized carbons (Fsp3) is 1.00. The molecule has 16 heavy (non-hydrogen) atoms. The first-order valence-electron chi connectivity index (χ1n) is 5.50. The molecule has 0 aliphatic heterocycles. The molecular weight excluding hydrogens is 230 g/mol. The number of hydrogen-bond acceptors (Lipinski definition) is 4. The van der Waals surface area contributed by atoms with Crippen LogP contribution in [0.1, 0.15) is 26.7 Å². The molecule has 0 rings (SSSR count). The third kappa shape index (κ3) is 9.08. The summed E-state index contributed by atoms with van der Waals surface area (Å²) in [4.78, 5) is 0. The monoisotopic (exact) mass is 253 g/mol. The first-order chi connectivity index (χ1) is 7.39. The molecule has 0 fully saturated rings. The van der Waals surface area contributed by atoms with Crippen LogP contribution < -0.4 is 5.14 Å². The number of methoxy groups -OCH3 is 1. The molecule has 2 unspecified atom stereocenters. The second-order valence-electron chi connectivity index (χ2n) is 4.08. The molecule has 5 nitrogen and oxygen atoms in total. The lowest BCUT2D eigenvalue weighted by molar-refractivity contribution is -0.00497. The number of ether oxygens (including phenoxy) is 2. The number of primary sulfonamides is 1.